The Hall–Kier alpha value is -1.36. The Morgan fingerprint density at radius 2 is 2.18 bits per heavy atom. The summed E-state index contributed by atoms with van der Waals surface area (Å²) in [5.41, 5.74) is 4.06. The molecule has 5 heteroatoms. The lowest BCUT2D eigenvalue weighted by Crippen LogP contribution is -2.03. The minimum atomic E-state index is 0.629. The molecule has 1 N–H and O–H groups in total. The van der Waals surface area contributed by atoms with E-state index in [9.17, 15) is 0 Å². The molecule has 0 radical (unpaired) electrons. The fourth-order valence-electron chi connectivity index (χ4n) is 1.62. The summed E-state index contributed by atoms with van der Waals surface area (Å²) in [5.74, 6) is 0. The fraction of sp³-hybridized carbons (Fsp3) is 0.333. The van der Waals surface area contributed by atoms with Crippen LogP contribution >= 0.6 is 15.9 Å². The van der Waals surface area contributed by atoms with Crippen LogP contribution in [0.2, 0.25) is 0 Å². The van der Waals surface area contributed by atoms with Crippen molar-refractivity contribution in [2.75, 3.05) is 5.32 Å². The molecule has 0 bridgehead atoms. The summed E-state index contributed by atoms with van der Waals surface area (Å²) < 4.78 is 5.76. The van der Waals surface area contributed by atoms with Crippen molar-refractivity contribution in [3.8, 4) is 0 Å². The molecule has 0 aliphatic carbocycles. The molecule has 2 aromatic rings. The van der Waals surface area contributed by atoms with E-state index in [-0.39, 0.29) is 0 Å². The van der Waals surface area contributed by atoms with Crippen molar-refractivity contribution in [3.05, 3.63) is 39.6 Å². The molecule has 1 aromatic heterocycles. The highest BCUT2D eigenvalue weighted by molar-refractivity contribution is 9.10. The van der Waals surface area contributed by atoms with E-state index in [1.807, 2.05) is 13.0 Å². The van der Waals surface area contributed by atoms with Crippen LogP contribution in [-0.2, 0) is 13.0 Å². The fourth-order valence-corrected chi connectivity index (χ4v) is 2.02. The zero-order valence-corrected chi connectivity index (χ0v) is 11.4. The van der Waals surface area contributed by atoms with E-state index in [0.717, 1.165) is 28.0 Å². The molecule has 17 heavy (non-hydrogen) atoms. The third-order valence-corrected chi connectivity index (χ3v) is 3.13. The first-order valence-corrected chi connectivity index (χ1v) is 6.30. The van der Waals surface area contributed by atoms with Crippen LogP contribution in [0, 0.1) is 6.92 Å². The number of benzene rings is 1. The summed E-state index contributed by atoms with van der Waals surface area (Å²) in [4.78, 5) is 0. The number of aryl methyl sites for hydroxylation is 2. The summed E-state index contributed by atoms with van der Waals surface area (Å²) in [6.45, 7) is 4.65. The highest BCUT2D eigenvalue weighted by Gasteiger charge is 2.06. The van der Waals surface area contributed by atoms with Crippen molar-refractivity contribution in [1.82, 2.24) is 10.3 Å². The molecule has 0 fully saturated rings. The average Bonchev–Trinajstić information content (AvgIpc) is 2.73. The summed E-state index contributed by atoms with van der Waals surface area (Å²) in [7, 11) is 0. The smallest absolute Gasteiger partial charge is 0.127 e. The normalized spacial score (nSPS) is 10.5. The van der Waals surface area contributed by atoms with Gasteiger partial charge in [0, 0.05) is 10.2 Å². The number of anilines is 1. The Labute approximate surface area is 109 Å². The van der Waals surface area contributed by atoms with Crippen molar-refractivity contribution >= 4 is 21.6 Å². The number of nitrogens with zero attached hydrogens (tertiary/aromatic N) is 2. The topological polar surface area (TPSA) is 51.0 Å². The summed E-state index contributed by atoms with van der Waals surface area (Å²) in [6, 6.07) is 6.21. The third-order valence-electron chi connectivity index (χ3n) is 2.64. The van der Waals surface area contributed by atoms with Gasteiger partial charge in [-0.3, -0.25) is 0 Å². The number of nitrogens with one attached hydrogen (secondary N) is 1. The molecule has 0 aliphatic rings. The van der Waals surface area contributed by atoms with Crippen LogP contribution in [0.1, 0.15) is 23.9 Å². The Kier molecular flexibility index (Phi) is 3.78. The van der Waals surface area contributed by atoms with Gasteiger partial charge in [-0.05, 0) is 37.1 Å². The van der Waals surface area contributed by atoms with Crippen LogP contribution in [0.5, 0.6) is 0 Å². The number of hydrogen-bond donors (Lipinski definition) is 1. The monoisotopic (exact) mass is 295 g/mol. The van der Waals surface area contributed by atoms with Gasteiger partial charge in [0.05, 0.1) is 6.54 Å². The first kappa shape index (κ1) is 12.1. The highest BCUT2D eigenvalue weighted by Crippen LogP contribution is 2.22. The second-order valence-corrected chi connectivity index (χ2v) is 4.72. The van der Waals surface area contributed by atoms with Gasteiger partial charge in [-0.25, -0.2) is 4.63 Å². The summed E-state index contributed by atoms with van der Waals surface area (Å²) in [6.07, 6.45) is 0.984. The Bertz CT molecular complexity index is 510. The molecule has 0 spiro atoms. The highest BCUT2D eigenvalue weighted by atomic mass is 79.9. The molecule has 2 rings (SSSR count). The SMILES string of the molecule is CCc1cc(Br)ccc1NCc1nonc1C. The van der Waals surface area contributed by atoms with Crippen molar-refractivity contribution in [2.24, 2.45) is 0 Å². The van der Waals surface area contributed by atoms with Gasteiger partial charge in [0.1, 0.15) is 11.4 Å². The van der Waals surface area contributed by atoms with Crippen molar-refractivity contribution in [2.45, 2.75) is 26.8 Å². The average molecular weight is 296 g/mol. The maximum absolute atomic E-state index is 4.66. The second kappa shape index (κ2) is 5.31. The third kappa shape index (κ3) is 2.85. The van der Waals surface area contributed by atoms with Gasteiger partial charge in [0.2, 0.25) is 0 Å². The number of halogens is 1. The molecule has 0 amide bonds. The molecule has 0 saturated heterocycles. The van der Waals surface area contributed by atoms with Gasteiger partial charge in [0.25, 0.3) is 0 Å². The quantitative estimate of drug-likeness (QED) is 0.940. The molecule has 4 nitrogen and oxygen atoms in total. The summed E-state index contributed by atoms with van der Waals surface area (Å²) >= 11 is 3.47. The van der Waals surface area contributed by atoms with Gasteiger partial charge in [-0.15, -0.1) is 0 Å². The van der Waals surface area contributed by atoms with Crippen LogP contribution < -0.4 is 5.32 Å². The molecule has 0 atom stereocenters. The van der Waals surface area contributed by atoms with E-state index in [2.05, 4.69) is 55.2 Å². The largest absolute Gasteiger partial charge is 0.379 e. The minimum Gasteiger partial charge on any atom is -0.379 e. The maximum atomic E-state index is 4.66. The van der Waals surface area contributed by atoms with Crippen LogP contribution in [0.4, 0.5) is 5.69 Å². The number of hydrogen-bond acceptors (Lipinski definition) is 4. The minimum absolute atomic E-state index is 0.629. The lowest BCUT2D eigenvalue weighted by atomic mass is 10.1. The first-order chi connectivity index (χ1) is 8.20. The molecule has 0 saturated carbocycles. The zero-order chi connectivity index (χ0) is 12.3. The predicted octanol–water partition coefficient (Wildman–Crippen LogP) is 3.32. The maximum Gasteiger partial charge on any atom is 0.127 e. The molecule has 90 valence electrons. The van der Waals surface area contributed by atoms with E-state index in [1.165, 1.54) is 5.56 Å². The van der Waals surface area contributed by atoms with Crippen molar-refractivity contribution in [1.29, 1.82) is 0 Å². The van der Waals surface area contributed by atoms with E-state index in [1.54, 1.807) is 0 Å². The summed E-state index contributed by atoms with van der Waals surface area (Å²) in [5, 5.41) is 10.9. The van der Waals surface area contributed by atoms with Crippen LogP contribution in [0.15, 0.2) is 27.3 Å². The van der Waals surface area contributed by atoms with Crippen LogP contribution in [0.3, 0.4) is 0 Å². The molecule has 1 heterocycles. The molecule has 1 aromatic carbocycles. The van der Waals surface area contributed by atoms with Crippen molar-refractivity contribution < 1.29 is 4.63 Å². The standard InChI is InChI=1S/C12H14BrN3O/c1-3-9-6-10(13)4-5-11(9)14-7-12-8(2)15-17-16-12/h4-6,14H,3,7H2,1-2H3. The second-order valence-electron chi connectivity index (χ2n) is 3.80. The first-order valence-electron chi connectivity index (χ1n) is 5.51. The van der Waals surface area contributed by atoms with E-state index in [4.69, 9.17) is 0 Å². The number of rotatable bonds is 4. The Morgan fingerprint density at radius 3 is 2.82 bits per heavy atom. The Balaban J connectivity index is 2.11. The van der Waals surface area contributed by atoms with E-state index < -0.39 is 0 Å². The van der Waals surface area contributed by atoms with E-state index >= 15 is 0 Å². The molecule has 0 unspecified atom stereocenters. The van der Waals surface area contributed by atoms with Gasteiger partial charge in [0.15, 0.2) is 0 Å². The molecule has 0 aliphatic heterocycles. The van der Waals surface area contributed by atoms with Crippen LogP contribution in [-0.4, -0.2) is 10.3 Å². The van der Waals surface area contributed by atoms with E-state index in [0.29, 0.717) is 6.54 Å². The zero-order valence-electron chi connectivity index (χ0n) is 9.83. The van der Waals surface area contributed by atoms with Gasteiger partial charge >= 0.3 is 0 Å². The van der Waals surface area contributed by atoms with Gasteiger partial charge in [-0.2, -0.15) is 0 Å². The lowest BCUT2D eigenvalue weighted by Gasteiger charge is -2.10. The number of aromatic nitrogens is 2. The van der Waals surface area contributed by atoms with Crippen molar-refractivity contribution in [3.63, 3.8) is 0 Å². The van der Waals surface area contributed by atoms with Gasteiger partial charge in [-0.1, -0.05) is 33.2 Å². The lowest BCUT2D eigenvalue weighted by molar-refractivity contribution is 0.301. The van der Waals surface area contributed by atoms with Crippen LogP contribution in [0.25, 0.3) is 0 Å². The Morgan fingerprint density at radius 1 is 1.35 bits per heavy atom. The van der Waals surface area contributed by atoms with Gasteiger partial charge < -0.3 is 5.32 Å². The molecular weight excluding hydrogens is 282 g/mol. The molecular formula is C12H14BrN3O. The predicted molar refractivity (Wildman–Crippen MR) is 69.9 cm³/mol.